The van der Waals surface area contributed by atoms with Crippen molar-refractivity contribution in [2.75, 3.05) is 55.2 Å². The smallest absolute Gasteiger partial charge is 0.377 e. The molecule has 0 amide bonds. The molecule has 1 heterocycles. The van der Waals surface area contributed by atoms with Crippen LogP contribution in [0.5, 0.6) is 0 Å². The molecular formula is C15H35NO5Si2. The van der Waals surface area contributed by atoms with Gasteiger partial charge in [0.15, 0.2) is 0 Å². The van der Waals surface area contributed by atoms with Gasteiger partial charge in [0.25, 0.3) is 0 Å². The number of hydrogen-bond acceptors (Lipinski definition) is 6. The van der Waals surface area contributed by atoms with E-state index >= 15 is 0 Å². The number of hydrogen-bond donors (Lipinski definition) is 0. The highest BCUT2D eigenvalue weighted by Crippen LogP contribution is 2.26. The summed E-state index contributed by atoms with van der Waals surface area (Å²) in [5.41, 5.74) is 0.403. The Morgan fingerprint density at radius 1 is 1.09 bits per heavy atom. The Hall–Kier alpha value is 0.194. The van der Waals surface area contributed by atoms with Gasteiger partial charge in [-0.1, -0.05) is 6.92 Å². The minimum absolute atomic E-state index is 0.268. The van der Waals surface area contributed by atoms with Gasteiger partial charge < -0.3 is 27.7 Å². The summed E-state index contributed by atoms with van der Waals surface area (Å²) in [5, 5.41) is 0. The molecule has 138 valence electrons. The molecule has 6 nitrogen and oxygen atoms in total. The maximum Gasteiger partial charge on any atom is 0.500 e. The van der Waals surface area contributed by atoms with Crippen LogP contribution in [0.2, 0.25) is 11.6 Å². The minimum Gasteiger partial charge on any atom is -0.377 e. The lowest BCUT2D eigenvalue weighted by atomic mass is 10.2. The molecule has 0 spiro atoms. The van der Waals surface area contributed by atoms with Crippen LogP contribution in [-0.4, -0.2) is 83.8 Å². The topological polar surface area (TPSA) is 49.4 Å². The molecule has 1 aliphatic heterocycles. The SMILES string of the molecule is COC1(OC)CCCN(CCC[Si](OC)(OC)OC)C[C@H](C)[SiH2]1. The van der Waals surface area contributed by atoms with Crippen LogP contribution in [0.4, 0.5) is 0 Å². The van der Waals surface area contributed by atoms with E-state index in [1.54, 1.807) is 35.5 Å². The van der Waals surface area contributed by atoms with Crippen LogP contribution in [0, 0.1) is 0 Å². The van der Waals surface area contributed by atoms with Crippen LogP contribution < -0.4 is 0 Å². The summed E-state index contributed by atoms with van der Waals surface area (Å²) in [4.78, 5) is 2.56. The van der Waals surface area contributed by atoms with E-state index in [1.807, 2.05) is 0 Å². The Kier molecular flexibility index (Phi) is 9.46. The summed E-state index contributed by atoms with van der Waals surface area (Å²) in [6.07, 6.45) is 3.15. The fourth-order valence-electron chi connectivity index (χ4n) is 3.53. The zero-order valence-corrected chi connectivity index (χ0v) is 18.1. The molecule has 1 aliphatic rings. The second-order valence-electron chi connectivity index (χ2n) is 6.43. The van der Waals surface area contributed by atoms with Crippen molar-refractivity contribution in [3.63, 3.8) is 0 Å². The zero-order valence-electron chi connectivity index (χ0n) is 15.7. The Balaban J connectivity index is 2.48. The summed E-state index contributed by atoms with van der Waals surface area (Å²) in [5.74, 6) is 0. The van der Waals surface area contributed by atoms with E-state index in [2.05, 4.69) is 11.8 Å². The van der Waals surface area contributed by atoms with Crippen molar-refractivity contribution in [1.82, 2.24) is 4.90 Å². The van der Waals surface area contributed by atoms with Crippen LogP contribution >= 0.6 is 0 Å². The second kappa shape index (κ2) is 10.2. The minimum atomic E-state index is -2.43. The summed E-state index contributed by atoms with van der Waals surface area (Å²) in [6, 6.07) is 0.860. The summed E-state index contributed by atoms with van der Waals surface area (Å²) < 4.78 is 27.9. The van der Waals surface area contributed by atoms with Crippen molar-refractivity contribution in [3.05, 3.63) is 0 Å². The van der Waals surface area contributed by atoms with Crippen LogP contribution in [0.1, 0.15) is 26.2 Å². The highest BCUT2D eigenvalue weighted by molar-refractivity contribution is 6.60. The highest BCUT2D eigenvalue weighted by Gasteiger charge is 2.38. The third-order valence-corrected chi connectivity index (χ3v) is 10.2. The number of rotatable bonds is 9. The van der Waals surface area contributed by atoms with Gasteiger partial charge in [-0.3, -0.25) is 0 Å². The zero-order chi connectivity index (χ0) is 17.3. The molecule has 0 aliphatic carbocycles. The van der Waals surface area contributed by atoms with Crippen LogP contribution in [0.3, 0.4) is 0 Å². The molecule has 0 saturated carbocycles. The molecule has 0 aromatic carbocycles. The maximum absolute atomic E-state index is 5.72. The predicted molar refractivity (Wildman–Crippen MR) is 96.6 cm³/mol. The standard InChI is InChI=1S/C15H35NO5Si2/c1-14-13-16(10-7-9-15(17-2,18-3)22-14)11-8-12-23(19-4,20-5)21-6/h14H,7-13,22H2,1-6H3/t14-/m0/s1. The molecule has 8 heteroatoms. The predicted octanol–water partition coefficient (Wildman–Crippen LogP) is 1.27. The van der Waals surface area contributed by atoms with Gasteiger partial charge in [0.05, 0.1) is 9.52 Å². The number of methoxy groups -OCH3 is 2. The lowest BCUT2D eigenvalue weighted by Gasteiger charge is -2.38. The molecule has 1 saturated heterocycles. The molecule has 0 radical (unpaired) electrons. The van der Waals surface area contributed by atoms with Crippen LogP contribution in [0.15, 0.2) is 0 Å². The van der Waals surface area contributed by atoms with Gasteiger partial charge in [-0.2, -0.15) is 0 Å². The fourth-order valence-corrected chi connectivity index (χ4v) is 7.58. The van der Waals surface area contributed by atoms with Crippen molar-refractivity contribution < 1.29 is 22.8 Å². The van der Waals surface area contributed by atoms with Gasteiger partial charge >= 0.3 is 8.80 Å². The Morgan fingerprint density at radius 3 is 2.22 bits per heavy atom. The van der Waals surface area contributed by atoms with Gasteiger partial charge in [-0.15, -0.1) is 0 Å². The second-order valence-corrected chi connectivity index (χ2v) is 12.4. The summed E-state index contributed by atoms with van der Waals surface area (Å²) in [7, 11) is 5.71. The van der Waals surface area contributed by atoms with Crippen molar-refractivity contribution in [1.29, 1.82) is 0 Å². The average Bonchev–Trinajstić information content (AvgIpc) is 2.56. The highest BCUT2D eigenvalue weighted by atomic mass is 28.4. The first-order chi connectivity index (χ1) is 11.0. The third kappa shape index (κ3) is 6.20. The lowest BCUT2D eigenvalue weighted by molar-refractivity contribution is -0.152. The number of nitrogens with zero attached hydrogens (tertiary/aromatic N) is 1. The number of ether oxygens (including phenoxy) is 2. The molecular weight excluding hydrogens is 330 g/mol. The van der Waals surface area contributed by atoms with Crippen molar-refractivity contribution >= 4 is 18.3 Å². The van der Waals surface area contributed by atoms with E-state index in [9.17, 15) is 0 Å². The first-order valence-corrected chi connectivity index (χ1v) is 11.9. The van der Waals surface area contributed by atoms with Crippen LogP contribution in [0.25, 0.3) is 0 Å². The van der Waals surface area contributed by atoms with E-state index in [0.29, 0.717) is 5.54 Å². The van der Waals surface area contributed by atoms with Gasteiger partial charge in [-0.05, 0) is 44.4 Å². The molecule has 1 rings (SSSR count). The Morgan fingerprint density at radius 2 is 1.70 bits per heavy atom. The van der Waals surface area contributed by atoms with E-state index in [-0.39, 0.29) is 5.41 Å². The lowest BCUT2D eigenvalue weighted by Crippen LogP contribution is -2.47. The molecule has 0 bridgehead atoms. The van der Waals surface area contributed by atoms with Crippen molar-refractivity contribution in [3.8, 4) is 0 Å². The molecule has 1 fully saturated rings. The molecule has 0 aromatic rings. The monoisotopic (exact) mass is 365 g/mol. The van der Waals surface area contributed by atoms with E-state index in [0.717, 1.165) is 44.9 Å². The van der Waals surface area contributed by atoms with E-state index in [4.69, 9.17) is 22.8 Å². The first kappa shape index (κ1) is 21.2. The third-order valence-electron chi connectivity index (χ3n) is 4.90. The van der Waals surface area contributed by atoms with Crippen molar-refractivity contribution in [2.45, 2.75) is 43.2 Å². The van der Waals surface area contributed by atoms with E-state index in [1.165, 1.54) is 0 Å². The largest absolute Gasteiger partial charge is 0.500 e. The average molecular weight is 366 g/mol. The maximum atomic E-state index is 5.72. The quantitative estimate of drug-likeness (QED) is 0.453. The van der Waals surface area contributed by atoms with Crippen molar-refractivity contribution in [2.24, 2.45) is 0 Å². The van der Waals surface area contributed by atoms with E-state index < -0.39 is 18.3 Å². The van der Waals surface area contributed by atoms with Gasteiger partial charge in [-0.25, -0.2) is 0 Å². The Bertz CT molecular complexity index is 319. The fraction of sp³-hybridized carbons (Fsp3) is 1.00. The first-order valence-electron chi connectivity index (χ1n) is 8.47. The van der Waals surface area contributed by atoms with Gasteiger partial charge in [0.2, 0.25) is 0 Å². The molecule has 23 heavy (non-hydrogen) atoms. The molecule has 0 unspecified atom stereocenters. The molecule has 0 N–H and O–H groups in total. The van der Waals surface area contributed by atoms with Gasteiger partial charge in [0.1, 0.15) is 5.41 Å². The normalized spacial score (nSPS) is 24.5. The van der Waals surface area contributed by atoms with Gasteiger partial charge in [0, 0.05) is 41.6 Å². The molecule has 0 aromatic heterocycles. The summed E-state index contributed by atoms with van der Waals surface area (Å²) in [6.45, 7) is 5.61. The summed E-state index contributed by atoms with van der Waals surface area (Å²) >= 11 is 0. The van der Waals surface area contributed by atoms with Crippen LogP contribution in [-0.2, 0) is 22.8 Å². The Labute approximate surface area is 144 Å². The molecule has 1 atom stereocenters.